The standard InChI is InChI=1S/C39H41N13O7S5/c1-5-51(6-2)23-9-13-31(45-47-35-27-21-25(63(54,55)56)11-15-29(27)49-61-35)33(19-23)40-37-42-38(44-39(43-37)60-18-17-53)41-34-20-24(52(7-3)8-4)10-14-32(34)46-48-36-28-22-26(64(57,58)59)12-16-30(28)50-62-36/h9-16,19-22,53H,5-8,17-18H2,1-4H3,(H,54,55,56)(H,57,58,59)(H2,40,41,42,43,44). The normalized spacial score (nSPS) is 12.2. The molecule has 0 aliphatic rings. The Morgan fingerprint density at radius 2 is 1.05 bits per heavy atom. The minimum Gasteiger partial charge on any atom is -0.396 e. The zero-order valence-electron chi connectivity index (χ0n) is 34.6. The number of hydrogen-bond donors (Lipinski definition) is 5. The average Bonchev–Trinajstić information content (AvgIpc) is 3.88. The maximum Gasteiger partial charge on any atom is 0.294 e. The SMILES string of the molecule is CCN(CC)c1ccc(N=Nc2snc3ccc(S(=O)(=O)O)cc23)c(Nc2nc(Nc3cc(N(CC)CC)ccc3N=Nc3snc4ccc(S(=O)(=O)O)cc34)nc(SCCO)n2)c1. The van der Waals surface area contributed by atoms with E-state index in [4.69, 9.17) is 4.98 Å². The third-order valence-corrected chi connectivity index (χ3v) is 13.7. The quantitative estimate of drug-likeness (QED) is 0.0286. The zero-order valence-corrected chi connectivity index (χ0v) is 38.7. The highest BCUT2D eigenvalue weighted by Gasteiger charge is 2.18. The number of aliphatic hydroxyl groups excluding tert-OH is 1. The lowest BCUT2D eigenvalue weighted by molar-refractivity contribution is 0.322. The summed E-state index contributed by atoms with van der Waals surface area (Å²) >= 11 is 3.25. The Labute approximate surface area is 380 Å². The molecule has 0 spiro atoms. The summed E-state index contributed by atoms with van der Waals surface area (Å²) in [5.41, 5.74) is 4.44. The van der Waals surface area contributed by atoms with Gasteiger partial charge in [-0.05, 0) is 124 Å². The Morgan fingerprint density at radius 1 is 0.609 bits per heavy atom. The zero-order chi connectivity index (χ0) is 45.6. The summed E-state index contributed by atoms with van der Waals surface area (Å²) in [5, 5.41) is 36.0. The second-order valence-corrected chi connectivity index (χ2v) is 18.9. The van der Waals surface area contributed by atoms with E-state index in [1.807, 2.05) is 52.0 Å². The number of benzene rings is 4. The molecule has 0 fully saturated rings. The van der Waals surface area contributed by atoms with Crippen molar-refractivity contribution in [2.24, 2.45) is 20.5 Å². The first kappa shape index (κ1) is 46.2. The molecule has 4 aromatic carbocycles. The maximum absolute atomic E-state index is 11.9. The topological polar surface area (TPSA) is 273 Å². The van der Waals surface area contributed by atoms with Crippen LogP contribution >= 0.6 is 34.8 Å². The van der Waals surface area contributed by atoms with E-state index < -0.39 is 20.2 Å². The summed E-state index contributed by atoms with van der Waals surface area (Å²) in [6, 6.07) is 19.2. The Balaban J connectivity index is 1.28. The van der Waals surface area contributed by atoms with Crippen LogP contribution in [0.5, 0.6) is 0 Å². The monoisotopic (exact) mass is 963 g/mol. The molecule has 0 amide bonds. The molecule has 25 heteroatoms. The fourth-order valence-electron chi connectivity index (χ4n) is 6.38. The van der Waals surface area contributed by atoms with Crippen molar-refractivity contribution in [3.8, 4) is 0 Å². The summed E-state index contributed by atoms with van der Waals surface area (Å²) in [6.07, 6.45) is 0. The molecule has 334 valence electrons. The van der Waals surface area contributed by atoms with Gasteiger partial charge in [-0.1, -0.05) is 11.8 Å². The molecule has 20 nitrogen and oxygen atoms in total. The first-order valence-electron chi connectivity index (χ1n) is 19.6. The molecular formula is C39H41N13O7S5. The predicted octanol–water partition coefficient (Wildman–Crippen LogP) is 9.68. The molecule has 0 radical (unpaired) electrons. The predicted molar refractivity (Wildman–Crippen MR) is 251 cm³/mol. The van der Waals surface area contributed by atoms with Gasteiger partial charge in [0.2, 0.25) is 11.9 Å². The van der Waals surface area contributed by atoms with Crippen molar-refractivity contribution in [2.75, 3.05) is 59.0 Å². The van der Waals surface area contributed by atoms with Gasteiger partial charge in [0.25, 0.3) is 20.2 Å². The van der Waals surface area contributed by atoms with E-state index in [0.717, 1.165) is 60.6 Å². The fraction of sp³-hybridized carbons (Fsp3) is 0.256. The van der Waals surface area contributed by atoms with E-state index in [-0.39, 0.29) is 33.5 Å². The van der Waals surface area contributed by atoms with E-state index in [2.05, 4.69) is 59.6 Å². The molecule has 0 unspecified atom stereocenters. The molecule has 0 saturated carbocycles. The Hall–Kier alpha value is -5.80. The molecule has 0 aliphatic carbocycles. The lowest BCUT2D eigenvalue weighted by Gasteiger charge is -2.22. The number of fused-ring (bicyclic) bond motifs is 2. The van der Waals surface area contributed by atoms with E-state index in [0.29, 0.717) is 60.3 Å². The van der Waals surface area contributed by atoms with Crippen molar-refractivity contribution in [3.05, 3.63) is 72.8 Å². The van der Waals surface area contributed by atoms with Crippen LogP contribution in [0.4, 0.5) is 56.0 Å². The van der Waals surface area contributed by atoms with Crippen LogP contribution in [0.1, 0.15) is 27.7 Å². The van der Waals surface area contributed by atoms with Gasteiger partial charge in [0, 0.05) is 54.1 Å². The highest BCUT2D eigenvalue weighted by atomic mass is 32.2. The number of aliphatic hydroxyl groups is 1. The van der Waals surface area contributed by atoms with Crippen molar-refractivity contribution in [1.82, 2.24) is 23.7 Å². The minimum absolute atomic E-state index is 0.126. The highest BCUT2D eigenvalue weighted by Crippen LogP contribution is 2.39. The van der Waals surface area contributed by atoms with Crippen LogP contribution in [0.2, 0.25) is 0 Å². The van der Waals surface area contributed by atoms with Crippen LogP contribution in [0.3, 0.4) is 0 Å². The summed E-state index contributed by atoms with van der Waals surface area (Å²) in [6.45, 7) is 10.9. The van der Waals surface area contributed by atoms with Gasteiger partial charge in [-0.25, -0.2) is 0 Å². The van der Waals surface area contributed by atoms with Gasteiger partial charge >= 0.3 is 0 Å². The van der Waals surface area contributed by atoms with Gasteiger partial charge in [0.15, 0.2) is 15.2 Å². The van der Waals surface area contributed by atoms with Crippen molar-refractivity contribution in [2.45, 2.75) is 42.6 Å². The smallest absolute Gasteiger partial charge is 0.294 e. The van der Waals surface area contributed by atoms with E-state index >= 15 is 0 Å². The van der Waals surface area contributed by atoms with Gasteiger partial charge in [0.05, 0.1) is 38.8 Å². The van der Waals surface area contributed by atoms with Crippen LogP contribution in [-0.4, -0.2) is 93.3 Å². The van der Waals surface area contributed by atoms with Crippen LogP contribution in [0, 0.1) is 0 Å². The molecular weight excluding hydrogens is 923 g/mol. The number of azo groups is 2. The number of thioether (sulfide) groups is 1. The second-order valence-electron chi connectivity index (χ2n) is 13.5. The molecule has 3 heterocycles. The average molecular weight is 964 g/mol. The van der Waals surface area contributed by atoms with Crippen LogP contribution < -0.4 is 20.4 Å². The van der Waals surface area contributed by atoms with Gasteiger partial charge in [-0.2, -0.15) is 40.5 Å². The van der Waals surface area contributed by atoms with E-state index in [1.165, 1.54) is 48.2 Å². The number of hydrogen-bond acceptors (Lipinski definition) is 21. The number of nitrogens with zero attached hydrogens (tertiary/aromatic N) is 11. The molecule has 0 aliphatic heterocycles. The molecule has 3 aromatic heterocycles. The third kappa shape index (κ3) is 10.8. The fourth-order valence-corrected chi connectivity index (χ4v) is 9.34. The molecule has 7 rings (SSSR count). The summed E-state index contributed by atoms with van der Waals surface area (Å²) < 4.78 is 75.5. The van der Waals surface area contributed by atoms with Crippen molar-refractivity contribution >= 4 is 133 Å². The van der Waals surface area contributed by atoms with Crippen LogP contribution in [0.25, 0.3) is 21.8 Å². The first-order chi connectivity index (χ1) is 30.7. The third-order valence-electron chi connectivity index (χ3n) is 9.60. The Bertz CT molecular complexity index is 2900. The van der Waals surface area contributed by atoms with Crippen LogP contribution in [0.15, 0.2) is 108 Å². The molecule has 0 bridgehead atoms. The Kier molecular flexibility index (Phi) is 14.4. The van der Waals surface area contributed by atoms with E-state index in [1.54, 1.807) is 12.1 Å². The number of rotatable bonds is 19. The van der Waals surface area contributed by atoms with Crippen LogP contribution in [-0.2, 0) is 20.2 Å². The highest BCUT2D eigenvalue weighted by molar-refractivity contribution is 7.99. The van der Waals surface area contributed by atoms with Crippen molar-refractivity contribution < 1.29 is 31.0 Å². The molecule has 0 atom stereocenters. The lowest BCUT2D eigenvalue weighted by Crippen LogP contribution is -2.21. The van der Waals surface area contributed by atoms with E-state index in [9.17, 15) is 31.0 Å². The van der Waals surface area contributed by atoms with Crippen molar-refractivity contribution in [1.29, 1.82) is 0 Å². The summed E-state index contributed by atoms with van der Waals surface area (Å²) in [5.74, 6) is 0.544. The van der Waals surface area contributed by atoms with Gasteiger partial charge in [0.1, 0.15) is 11.4 Å². The van der Waals surface area contributed by atoms with Gasteiger partial charge in [-0.3, -0.25) is 9.11 Å². The number of anilines is 6. The molecule has 0 saturated heterocycles. The van der Waals surface area contributed by atoms with Gasteiger partial charge in [-0.15, -0.1) is 20.5 Å². The molecule has 64 heavy (non-hydrogen) atoms. The summed E-state index contributed by atoms with van der Waals surface area (Å²) in [4.78, 5) is 17.7. The molecule has 5 N–H and O–H groups in total. The largest absolute Gasteiger partial charge is 0.396 e. The minimum atomic E-state index is -4.47. The first-order valence-corrected chi connectivity index (χ1v) is 25.0. The molecule has 7 aromatic rings. The summed E-state index contributed by atoms with van der Waals surface area (Å²) in [7, 11) is -8.94. The number of aromatic nitrogens is 5. The lowest BCUT2D eigenvalue weighted by atomic mass is 10.2. The van der Waals surface area contributed by atoms with Gasteiger partial charge < -0.3 is 25.5 Å². The second kappa shape index (κ2) is 19.9. The maximum atomic E-state index is 11.9. The van der Waals surface area contributed by atoms with Crippen molar-refractivity contribution in [3.63, 3.8) is 0 Å². The number of nitrogens with one attached hydrogen (secondary N) is 2. The Morgan fingerprint density at radius 3 is 1.44 bits per heavy atom.